The van der Waals surface area contributed by atoms with Crippen LogP contribution in [0.25, 0.3) is 11.2 Å². The Morgan fingerprint density at radius 2 is 1.88 bits per heavy atom. The molecule has 2 aliphatic rings. The number of ether oxygens (including phenoxy) is 3. The van der Waals surface area contributed by atoms with E-state index in [0.29, 0.717) is 5.65 Å². The monoisotopic (exact) mass is 462 g/mol. The highest BCUT2D eigenvalue weighted by Gasteiger charge is 2.56. The average Bonchev–Trinajstić information content (AvgIpc) is 3.38. The van der Waals surface area contributed by atoms with E-state index in [1.165, 1.54) is 24.8 Å². The summed E-state index contributed by atoms with van der Waals surface area (Å²) in [6.45, 7) is 5.12. The van der Waals surface area contributed by atoms with Gasteiger partial charge in [0.05, 0.1) is 24.2 Å². The van der Waals surface area contributed by atoms with E-state index in [9.17, 15) is 13.2 Å². The Morgan fingerprint density at radius 3 is 2.62 bits per heavy atom. The maximum Gasteiger partial charge on any atom is 0.297 e. The fourth-order valence-corrected chi connectivity index (χ4v) is 4.91. The SMILES string of the molecule is Cc1ccc(S(=O)(=O)OC[C@H]2O[C@@H](n3cnc4c(=O)[nH]cnc43)[C@H]3OC(C)(C)O[C@@H]32)cc1. The lowest BCUT2D eigenvalue weighted by molar-refractivity contribution is -0.198. The first kappa shape index (κ1) is 21.2. The summed E-state index contributed by atoms with van der Waals surface area (Å²) in [5, 5.41) is 0. The van der Waals surface area contributed by atoms with Gasteiger partial charge in [-0.1, -0.05) is 17.7 Å². The van der Waals surface area contributed by atoms with E-state index in [1.54, 1.807) is 30.5 Å². The molecule has 2 aliphatic heterocycles. The molecular formula is C20H22N4O7S. The zero-order valence-corrected chi connectivity index (χ0v) is 18.4. The maximum atomic E-state index is 12.6. The van der Waals surface area contributed by atoms with Crippen LogP contribution in [0.15, 0.2) is 46.6 Å². The molecule has 1 aromatic carbocycles. The third kappa shape index (κ3) is 3.63. The number of aryl methyl sites for hydroxylation is 1. The Morgan fingerprint density at radius 1 is 1.16 bits per heavy atom. The molecule has 2 saturated heterocycles. The van der Waals surface area contributed by atoms with Crippen LogP contribution in [0.2, 0.25) is 0 Å². The number of rotatable bonds is 5. The van der Waals surface area contributed by atoms with Gasteiger partial charge >= 0.3 is 0 Å². The lowest BCUT2D eigenvalue weighted by Crippen LogP contribution is -2.33. The van der Waals surface area contributed by atoms with Crippen LogP contribution in [-0.4, -0.2) is 58.6 Å². The molecule has 5 rings (SSSR count). The molecule has 0 bridgehead atoms. The lowest BCUT2D eigenvalue weighted by Gasteiger charge is -2.24. The van der Waals surface area contributed by atoms with Crippen molar-refractivity contribution >= 4 is 21.3 Å². The van der Waals surface area contributed by atoms with Crippen LogP contribution in [0.1, 0.15) is 25.6 Å². The third-order valence-corrected chi connectivity index (χ3v) is 6.76. The molecular weight excluding hydrogens is 440 g/mol. The van der Waals surface area contributed by atoms with Gasteiger partial charge in [-0.05, 0) is 32.9 Å². The van der Waals surface area contributed by atoms with Gasteiger partial charge < -0.3 is 19.2 Å². The van der Waals surface area contributed by atoms with Crippen LogP contribution in [0, 0.1) is 6.92 Å². The standard InChI is InChI=1S/C20H22N4O7S/c1-11-4-6-12(7-5-11)32(26,27)28-8-13-15-16(31-20(2,3)30-15)19(29-13)24-10-23-14-17(24)21-9-22-18(14)25/h4-7,9-10,13,15-16,19H,8H2,1-3H3,(H,21,22,25)/t13-,15-,16+,19-/m1/s1. The summed E-state index contributed by atoms with van der Waals surface area (Å²) in [4.78, 5) is 22.9. The van der Waals surface area contributed by atoms with Crippen molar-refractivity contribution in [1.82, 2.24) is 19.5 Å². The maximum absolute atomic E-state index is 12.6. The molecule has 11 nitrogen and oxygen atoms in total. The summed E-state index contributed by atoms with van der Waals surface area (Å²) in [5.74, 6) is -0.910. The second-order valence-corrected chi connectivity index (χ2v) is 9.85. The van der Waals surface area contributed by atoms with Crippen molar-refractivity contribution in [1.29, 1.82) is 0 Å². The third-order valence-electron chi connectivity index (χ3n) is 5.46. The summed E-state index contributed by atoms with van der Waals surface area (Å²) in [6, 6.07) is 6.38. The first-order valence-electron chi connectivity index (χ1n) is 10.0. The van der Waals surface area contributed by atoms with Crippen molar-refractivity contribution in [3.05, 3.63) is 52.8 Å². The topological polar surface area (TPSA) is 135 Å². The minimum Gasteiger partial charge on any atom is -0.347 e. The van der Waals surface area contributed by atoms with E-state index in [1.807, 2.05) is 6.92 Å². The molecule has 0 amide bonds. The van der Waals surface area contributed by atoms with Crippen LogP contribution in [0.4, 0.5) is 0 Å². The van der Waals surface area contributed by atoms with Gasteiger partial charge in [-0.15, -0.1) is 0 Å². The molecule has 12 heteroatoms. The summed E-state index contributed by atoms with van der Waals surface area (Å²) >= 11 is 0. The second-order valence-electron chi connectivity index (χ2n) is 8.24. The number of fused-ring (bicyclic) bond motifs is 2. The quantitative estimate of drug-likeness (QED) is 0.556. The number of H-pyrrole nitrogens is 1. The molecule has 0 spiro atoms. The van der Waals surface area contributed by atoms with Gasteiger partial charge in [-0.2, -0.15) is 8.42 Å². The lowest BCUT2D eigenvalue weighted by atomic mass is 10.1. The van der Waals surface area contributed by atoms with E-state index >= 15 is 0 Å². The van der Waals surface area contributed by atoms with Crippen molar-refractivity contribution in [2.24, 2.45) is 0 Å². The van der Waals surface area contributed by atoms with Crippen molar-refractivity contribution in [3.8, 4) is 0 Å². The molecule has 170 valence electrons. The number of nitrogens with zero attached hydrogens (tertiary/aromatic N) is 3. The number of benzene rings is 1. The van der Waals surface area contributed by atoms with Gasteiger partial charge in [-0.25, -0.2) is 9.97 Å². The fourth-order valence-electron chi connectivity index (χ4n) is 4.00. The molecule has 4 atom stereocenters. The number of hydrogen-bond acceptors (Lipinski definition) is 9. The van der Waals surface area contributed by atoms with Crippen LogP contribution in [0.3, 0.4) is 0 Å². The molecule has 2 aromatic heterocycles. The number of aromatic amines is 1. The highest BCUT2D eigenvalue weighted by molar-refractivity contribution is 7.86. The van der Waals surface area contributed by atoms with Gasteiger partial charge in [0.25, 0.3) is 15.7 Å². The van der Waals surface area contributed by atoms with Crippen molar-refractivity contribution in [2.45, 2.75) is 56.0 Å². The normalized spacial score (nSPS) is 27.1. The zero-order chi connectivity index (χ0) is 22.7. The Bertz CT molecular complexity index is 1320. The van der Waals surface area contributed by atoms with E-state index in [-0.39, 0.29) is 22.6 Å². The van der Waals surface area contributed by atoms with E-state index < -0.39 is 40.4 Å². The van der Waals surface area contributed by atoms with Crippen molar-refractivity contribution in [3.63, 3.8) is 0 Å². The number of hydrogen-bond donors (Lipinski definition) is 1. The van der Waals surface area contributed by atoms with Gasteiger partial charge in [0.15, 0.2) is 23.2 Å². The van der Waals surface area contributed by atoms with E-state index in [0.717, 1.165) is 5.56 Å². The predicted octanol–water partition coefficient (Wildman–Crippen LogP) is 1.25. The zero-order valence-electron chi connectivity index (χ0n) is 17.6. The fraction of sp³-hybridized carbons (Fsp3) is 0.450. The van der Waals surface area contributed by atoms with E-state index in [4.69, 9.17) is 18.4 Å². The second kappa shape index (κ2) is 7.46. The molecule has 0 saturated carbocycles. The molecule has 0 unspecified atom stereocenters. The molecule has 4 heterocycles. The van der Waals surface area contributed by atoms with Crippen molar-refractivity contribution in [2.75, 3.05) is 6.61 Å². The van der Waals surface area contributed by atoms with Gasteiger partial charge in [0, 0.05) is 0 Å². The Balaban J connectivity index is 1.42. The molecule has 1 N–H and O–H groups in total. The Labute approximate surface area is 183 Å². The predicted molar refractivity (Wildman–Crippen MR) is 110 cm³/mol. The largest absolute Gasteiger partial charge is 0.347 e. The van der Waals surface area contributed by atoms with Gasteiger partial charge in [0.2, 0.25) is 0 Å². The Kier molecular flexibility index (Phi) is 4.94. The summed E-state index contributed by atoms with van der Waals surface area (Å²) in [7, 11) is -3.99. The van der Waals surface area contributed by atoms with Crippen LogP contribution < -0.4 is 5.56 Å². The summed E-state index contributed by atoms with van der Waals surface area (Å²) < 4.78 is 50.3. The van der Waals surface area contributed by atoms with Crippen molar-refractivity contribution < 1.29 is 26.8 Å². The number of nitrogens with one attached hydrogen (secondary N) is 1. The molecule has 0 aliphatic carbocycles. The minimum atomic E-state index is -3.99. The summed E-state index contributed by atoms with van der Waals surface area (Å²) in [6.07, 6.45) is 0.0558. The number of aromatic nitrogens is 4. The molecule has 3 aromatic rings. The smallest absolute Gasteiger partial charge is 0.297 e. The molecule has 2 fully saturated rings. The first-order chi connectivity index (χ1) is 15.1. The summed E-state index contributed by atoms with van der Waals surface area (Å²) in [5.41, 5.74) is 1.04. The van der Waals surface area contributed by atoms with Gasteiger partial charge in [0.1, 0.15) is 18.3 Å². The van der Waals surface area contributed by atoms with Crippen LogP contribution in [0.5, 0.6) is 0 Å². The average molecular weight is 462 g/mol. The Hall–Kier alpha value is -2.64. The molecule has 32 heavy (non-hydrogen) atoms. The minimum absolute atomic E-state index is 0.0575. The van der Waals surface area contributed by atoms with Gasteiger partial charge in [-0.3, -0.25) is 13.5 Å². The van der Waals surface area contributed by atoms with Crippen LogP contribution in [-0.2, 0) is 28.5 Å². The highest BCUT2D eigenvalue weighted by Crippen LogP contribution is 2.43. The number of imidazole rings is 1. The first-order valence-corrected chi connectivity index (χ1v) is 11.4. The molecule has 0 radical (unpaired) electrons. The van der Waals surface area contributed by atoms with Crippen LogP contribution >= 0.6 is 0 Å². The highest BCUT2D eigenvalue weighted by atomic mass is 32.2. The van der Waals surface area contributed by atoms with E-state index in [2.05, 4.69) is 15.0 Å².